The number of rotatable bonds is 4. The Bertz CT molecular complexity index is 405. The maximum Gasteiger partial charge on any atom is 0.433 e. The zero-order valence-corrected chi connectivity index (χ0v) is 10.4. The molecule has 2 heterocycles. The van der Waals surface area contributed by atoms with Gasteiger partial charge >= 0.3 is 12.2 Å². The average Bonchev–Trinajstić information content (AvgIpc) is 2.39. The van der Waals surface area contributed by atoms with E-state index in [2.05, 4.69) is 15.3 Å². The zero-order chi connectivity index (χ0) is 13.7. The van der Waals surface area contributed by atoms with E-state index in [0.717, 1.165) is 31.6 Å². The van der Waals surface area contributed by atoms with Gasteiger partial charge in [-0.2, -0.15) is 18.2 Å². The van der Waals surface area contributed by atoms with E-state index < -0.39 is 11.9 Å². The van der Waals surface area contributed by atoms with Crippen LogP contribution in [0.5, 0.6) is 6.01 Å². The van der Waals surface area contributed by atoms with Gasteiger partial charge in [0.1, 0.15) is 0 Å². The second-order valence-corrected chi connectivity index (χ2v) is 4.51. The molecule has 4 nitrogen and oxygen atoms in total. The molecule has 7 heteroatoms. The van der Waals surface area contributed by atoms with Crippen molar-refractivity contribution in [2.45, 2.75) is 37.9 Å². The van der Waals surface area contributed by atoms with Crippen LogP contribution in [-0.2, 0) is 6.18 Å². The Morgan fingerprint density at radius 2 is 2.21 bits per heavy atom. The number of ether oxygens (including phenoxy) is 1. The van der Waals surface area contributed by atoms with Crippen molar-refractivity contribution < 1.29 is 17.9 Å². The van der Waals surface area contributed by atoms with E-state index in [1.54, 1.807) is 0 Å². The van der Waals surface area contributed by atoms with Crippen molar-refractivity contribution in [2.24, 2.45) is 0 Å². The first-order valence-corrected chi connectivity index (χ1v) is 6.32. The van der Waals surface area contributed by atoms with Gasteiger partial charge in [0.2, 0.25) is 0 Å². The molecule has 106 valence electrons. The van der Waals surface area contributed by atoms with Gasteiger partial charge in [-0.05, 0) is 31.9 Å². The van der Waals surface area contributed by atoms with Gasteiger partial charge in [-0.25, -0.2) is 4.98 Å². The molecule has 0 aliphatic carbocycles. The van der Waals surface area contributed by atoms with E-state index in [9.17, 15) is 13.2 Å². The standard InChI is InChI=1S/C12H16F3N3O/c13-12(14,15)10-4-7-17-11(18-10)19-8-5-9-3-1-2-6-16-9/h4,7,9,16H,1-3,5-6,8H2. The lowest BCUT2D eigenvalue weighted by molar-refractivity contribution is -0.141. The predicted molar refractivity (Wildman–Crippen MR) is 62.8 cm³/mol. The van der Waals surface area contributed by atoms with E-state index in [-0.39, 0.29) is 6.01 Å². The Morgan fingerprint density at radius 1 is 1.37 bits per heavy atom. The number of nitrogens with one attached hydrogen (secondary N) is 1. The fraction of sp³-hybridized carbons (Fsp3) is 0.667. The molecule has 1 aliphatic heterocycles. The second-order valence-electron chi connectivity index (χ2n) is 4.51. The van der Waals surface area contributed by atoms with Crippen molar-refractivity contribution in [3.8, 4) is 6.01 Å². The average molecular weight is 275 g/mol. The molecule has 2 rings (SSSR count). The summed E-state index contributed by atoms with van der Waals surface area (Å²) in [6, 6.07) is 0.986. The summed E-state index contributed by atoms with van der Waals surface area (Å²) < 4.78 is 42.5. The lowest BCUT2D eigenvalue weighted by Crippen LogP contribution is -2.35. The van der Waals surface area contributed by atoms with Crippen molar-refractivity contribution in [3.05, 3.63) is 18.0 Å². The van der Waals surface area contributed by atoms with Crippen LogP contribution < -0.4 is 10.1 Å². The Labute approximate surface area is 109 Å². The molecular formula is C12H16F3N3O. The van der Waals surface area contributed by atoms with E-state index in [1.807, 2.05) is 0 Å². The van der Waals surface area contributed by atoms with Crippen molar-refractivity contribution in [1.29, 1.82) is 0 Å². The molecule has 1 fully saturated rings. The number of hydrogen-bond donors (Lipinski definition) is 1. The summed E-state index contributed by atoms with van der Waals surface area (Å²) >= 11 is 0. The van der Waals surface area contributed by atoms with E-state index >= 15 is 0 Å². The number of aromatic nitrogens is 2. The monoisotopic (exact) mass is 275 g/mol. The first kappa shape index (κ1) is 14.0. The van der Waals surface area contributed by atoms with Crippen molar-refractivity contribution in [3.63, 3.8) is 0 Å². The van der Waals surface area contributed by atoms with E-state index in [4.69, 9.17) is 4.74 Å². The predicted octanol–water partition coefficient (Wildman–Crippen LogP) is 2.41. The Morgan fingerprint density at radius 3 is 2.89 bits per heavy atom. The van der Waals surface area contributed by atoms with Crippen LogP contribution in [0.15, 0.2) is 12.3 Å². The van der Waals surface area contributed by atoms with Gasteiger partial charge in [-0.1, -0.05) is 6.42 Å². The molecule has 0 bridgehead atoms. The molecule has 19 heavy (non-hydrogen) atoms. The zero-order valence-electron chi connectivity index (χ0n) is 10.4. The minimum atomic E-state index is -4.47. The first-order chi connectivity index (χ1) is 9.05. The van der Waals surface area contributed by atoms with Gasteiger partial charge in [0, 0.05) is 12.2 Å². The number of halogens is 3. The summed E-state index contributed by atoms with van der Waals surface area (Å²) in [4.78, 5) is 7.03. The van der Waals surface area contributed by atoms with Crippen LogP contribution in [0.4, 0.5) is 13.2 Å². The van der Waals surface area contributed by atoms with Gasteiger partial charge in [-0.3, -0.25) is 0 Å². The Balaban J connectivity index is 1.82. The lowest BCUT2D eigenvalue weighted by Gasteiger charge is -2.23. The number of nitrogens with zero attached hydrogens (tertiary/aromatic N) is 2. The van der Waals surface area contributed by atoms with Gasteiger partial charge < -0.3 is 10.1 Å². The molecule has 0 radical (unpaired) electrons. The van der Waals surface area contributed by atoms with Crippen LogP contribution in [0.1, 0.15) is 31.4 Å². The van der Waals surface area contributed by atoms with Gasteiger partial charge in [0.15, 0.2) is 5.69 Å². The molecule has 1 aromatic rings. The van der Waals surface area contributed by atoms with Crippen LogP contribution >= 0.6 is 0 Å². The summed E-state index contributed by atoms with van der Waals surface area (Å²) in [5.74, 6) is 0. The van der Waals surface area contributed by atoms with Gasteiger partial charge in [-0.15, -0.1) is 0 Å². The minimum absolute atomic E-state index is 0.217. The fourth-order valence-corrected chi connectivity index (χ4v) is 2.03. The highest BCUT2D eigenvalue weighted by Gasteiger charge is 2.33. The largest absolute Gasteiger partial charge is 0.463 e. The molecule has 0 amide bonds. The molecule has 0 spiro atoms. The third kappa shape index (κ3) is 4.34. The second kappa shape index (κ2) is 6.18. The van der Waals surface area contributed by atoms with Gasteiger partial charge in [0.05, 0.1) is 6.61 Å². The fourth-order valence-electron chi connectivity index (χ4n) is 2.03. The van der Waals surface area contributed by atoms with Crippen LogP contribution in [0.3, 0.4) is 0 Å². The summed E-state index contributed by atoms with van der Waals surface area (Å²) in [7, 11) is 0. The van der Waals surface area contributed by atoms with Crippen LogP contribution in [0, 0.1) is 0 Å². The Hall–Kier alpha value is -1.37. The lowest BCUT2D eigenvalue weighted by atomic mass is 10.0. The van der Waals surface area contributed by atoms with Crippen molar-refractivity contribution in [1.82, 2.24) is 15.3 Å². The van der Waals surface area contributed by atoms with E-state index in [0.29, 0.717) is 12.6 Å². The molecule has 0 saturated carbocycles. The highest BCUT2D eigenvalue weighted by atomic mass is 19.4. The quantitative estimate of drug-likeness (QED) is 0.916. The normalized spacial score (nSPS) is 20.3. The van der Waals surface area contributed by atoms with Crippen molar-refractivity contribution >= 4 is 0 Å². The summed E-state index contributed by atoms with van der Waals surface area (Å²) in [6.45, 7) is 1.31. The molecule has 1 aliphatic rings. The molecule has 1 unspecified atom stereocenters. The summed E-state index contributed by atoms with van der Waals surface area (Å²) in [5, 5.41) is 3.34. The topological polar surface area (TPSA) is 47.0 Å². The van der Waals surface area contributed by atoms with Crippen LogP contribution in [0.2, 0.25) is 0 Å². The summed E-state index contributed by atoms with van der Waals surface area (Å²) in [6.07, 6.45) is 0.772. The highest BCUT2D eigenvalue weighted by molar-refractivity contribution is 5.08. The summed E-state index contributed by atoms with van der Waals surface area (Å²) in [5.41, 5.74) is -0.978. The maximum atomic E-state index is 12.4. The van der Waals surface area contributed by atoms with Crippen LogP contribution in [-0.4, -0.2) is 29.2 Å². The Kier molecular flexibility index (Phi) is 4.57. The number of piperidine rings is 1. The third-order valence-corrected chi connectivity index (χ3v) is 3.03. The highest BCUT2D eigenvalue weighted by Crippen LogP contribution is 2.27. The molecular weight excluding hydrogens is 259 g/mol. The molecule has 0 aromatic carbocycles. The maximum absolute atomic E-state index is 12.4. The van der Waals surface area contributed by atoms with Crippen LogP contribution in [0.25, 0.3) is 0 Å². The van der Waals surface area contributed by atoms with Gasteiger partial charge in [0.25, 0.3) is 0 Å². The smallest absolute Gasteiger partial charge is 0.433 e. The number of hydrogen-bond acceptors (Lipinski definition) is 4. The molecule has 1 N–H and O–H groups in total. The minimum Gasteiger partial charge on any atom is -0.463 e. The molecule has 1 saturated heterocycles. The first-order valence-electron chi connectivity index (χ1n) is 6.32. The molecule has 1 aromatic heterocycles. The number of alkyl halides is 3. The third-order valence-electron chi connectivity index (χ3n) is 3.03. The molecule has 1 atom stereocenters. The SMILES string of the molecule is FC(F)(F)c1ccnc(OCCC2CCCCN2)n1. The van der Waals surface area contributed by atoms with E-state index in [1.165, 1.54) is 12.8 Å². The van der Waals surface area contributed by atoms with Crippen molar-refractivity contribution in [2.75, 3.05) is 13.2 Å².